The fourth-order valence-electron chi connectivity index (χ4n) is 4.45. The van der Waals surface area contributed by atoms with E-state index in [4.69, 9.17) is 0 Å². The van der Waals surface area contributed by atoms with Crippen molar-refractivity contribution in [1.82, 2.24) is 0 Å². The van der Waals surface area contributed by atoms with Gasteiger partial charge in [0.15, 0.2) is 0 Å². The van der Waals surface area contributed by atoms with Crippen LogP contribution in [0.5, 0.6) is 0 Å². The van der Waals surface area contributed by atoms with Crippen LogP contribution in [-0.4, -0.2) is 27.4 Å². The molecule has 0 bridgehead atoms. The maximum atomic E-state index is 13.4. The van der Waals surface area contributed by atoms with Gasteiger partial charge < -0.3 is 4.90 Å². The van der Waals surface area contributed by atoms with E-state index in [2.05, 4.69) is 0 Å². The zero-order chi connectivity index (χ0) is 17.9. The first kappa shape index (κ1) is 15.9. The Hall–Kier alpha value is -2.34. The van der Waals surface area contributed by atoms with Gasteiger partial charge >= 0.3 is 0 Å². The largest absolute Gasteiger partial charge is 0.312 e. The average Bonchev–Trinajstić information content (AvgIpc) is 3.09. The number of carbonyl (C=O) groups is 1. The summed E-state index contributed by atoms with van der Waals surface area (Å²) in [5, 5.41) is 0. The van der Waals surface area contributed by atoms with Gasteiger partial charge in [0.25, 0.3) is 10.0 Å². The minimum absolute atomic E-state index is 0.150. The first-order valence-corrected chi connectivity index (χ1v) is 10.6. The van der Waals surface area contributed by atoms with Gasteiger partial charge in [0, 0.05) is 19.5 Å². The second-order valence-corrected chi connectivity index (χ2v) is 9.06. The number of para-hydroxylation sites is 1. The SMILES string of the molecule is O=C1CCc2cc(S(=O)(=O)N3CCCc4ccccc43)cc3c2N1CC3. The molecular formula is C20H20N2O3S. The van der Waals surface area contributed by atoms with Crippen molar-refractivity contribution in [2.45, 2.75) is 37.0 Å². The van der Waals surface area contributed by atoms with E-state index in [1.807, 2.05) is 29.2 Å². The van der Waals surface area contributed by atoms with Crippen LogP contribution >= 0.6 is 0 Å². The molecule has 3 aliphatic heterocycles. The first-order chi connectivity index (χ1) is 12.6. The summed E-state index contributed by atoms with van der Waals surface area (Å²) in [4.78, 5) is 14.3. The summed E-state index contributed by atoms with van der Waals surface area (Å²) in [6.45, 7) is 1.17. The molecule has 5 nitrogen and oxygen atoms in total. The van der Waals surface area contributed by atoms with E-state index in [0.29, 0.717) is 30.8 Å². The summed E-state index contributed by atoms with van der Waals surface area (Å²) in [6.07, 6.45) is 3.55. The number of hydrogen-bond acceptors (Lipinski definition) is 3. The molecule has 6 heteroatoms. The maximum absolute atomic E-state index is 13.4. The molecule has 2 aromatic carbocycles. The average molecular weight is 368 g/mol. The van der Waals surface area contributed by atoms with Crippen LogP contribution in [0.15, 0.2) is 41.3 Å². The molecule has 0 spiro atoms. The Bertz CT molecular complexity index is 1030. The van der Waals surface area contributed by atoms with Crippen molar-refractivity contribution >= 4 is 27.3 Å². The Kier molecular flexibility index (Phi) is 3.41. The highest BCUT2D eigenvalue weighted by molar-refractivity contribution is 7.92. The fraction of sp³-hybridized carbons (Fsp3) is 0.350. The van der Waals surface area contributed by atoms with Gasteiger partial charge in [-0.3, -0.25) is 9.10 Å². The number of anilines is 2. The molecule has 0 aromatic heterocycles. The molecular weight excluding hydrogens is 348 g/mol. The third-order valence-electron chi connectivity index (χ3n) is 5.68. The summed E-state index contributed by atoms with van der Waals surface area (Å²) in [7, 11) is -3.61. The summed E-state index contributed by atoms with van der Waals surface area (Å²) in [5.41, 5.74) is 4.81. The van der Waals surface area contributed by atoms with Crippen LogP contribution in [0.25, 0.3) is 0 Å². The summed E-state index contributed by atoms with van der Waals surface area (Å²) < 4.78 is 28.4. The van der Waals surface area contributed by atoms with Crippen molar-refractivity contribution in [3.05, 3.63) is 53.1 Å². The van der Waals surface area contributed by atoms with Gasteiger partial charge in [-0.2, -0.15) is 0 Å². The highest BCUT2D eigenvalue weighted by atomic mass is 32.2. The number of carbonyl (C=O) groups excluding carboxylic acids is 1. The predicted molar refractivity (Wildman–Crippen MR) is 100 cm³/mol. The molecule has 0 saturated carbocycles. The van der Waals surface area contributed by atoms with Crippen molar-refractivity contribution in [3.63, 3.8) is 0 Å². The number of rotatable bonds is 2. The van der Waals surface area contributed by atoms with Gasteiger partial charge in [-0.25, -0.2) is 8.42 Å². The lowest BCUT2D eigenvalue weighted by atomic mass is 10.00. The van der Waals surface area contributed by atoms with E-state index in [1.165, 1.54) is 0 Å². The standard InChI is InChI=1S/C20H20N2O3S/c23-19-8-7-15-12-17(13-16-9-11-21(19)20(15)16)26(24,25)22-10-3-5-14-4-1-2-6-18(14)22/h1-2,4,6,12-13H,3,5,7-11H2. The molecule has 0 aliphatic carbocycles. The van der Waals surface area contributed by atoms with Crippen LogP contribution < -0.4 is 9.21 Å². The Morgan fingerprint density at radius 2 is 1.62 bits per heavy atom. The first-order valence-electron chi connectivity index (χ1n) is 9.12. The minimum Gasteiger partial charge on any atom is -0.312 e. The smallest absolute Gasteiger partial charge is 0.264 e. The summed E-state index contributed by atoms with van der Waals surface area (Å²) in [5.74, 6) is 0.150. The maximum Gasteiger partial charge on any atom is 0.264 e. The number of fused-ring (bicyclic) bond motifs is 1. The van der Waals surface area contributed by atoms with Crippen LogP contribution in [0.3, 0.4) is 0 Å². The van der Waals surface area contributed by atoms with Crippen molar-refractivity contribution in [2.75, 3.05) is 22.3 Å². The molecule has 1 amide bonds. The second-order valence-electron chi connectivity index (χ2n) is 7.19. The van der Waals surface area contributed by atoms with Crippen molar-refractivity contribution in [3.8, 4) is 0 Å². The van der Waals surface area contributed by atoms with E-state index in [9.17, 15) is 13.2 Å². The third-order valence-corrected chi connectivity index (χ3v) is 7.47. The number of amides is 1. The fourth-order valence-corrected chi connectivity index (χ4v) is 6.09. The zero-order valence-electron chi connectivity index (χ0n) is 14.4. The quantitative estimate of drug-likeness (QED) is 0.819. The third kappa shape index (κ3) is 2.21. The molecule has 134 valence electrons. The lowest BCUT2D eigenvalue weighted by molar-refractivity contribution is -0.118. The highest BCUT2D eigenvalue weighted by Gasteiger charge is 2.35. The van der Waals surface area contributed by atoms with E-state index in [0.717, 1.165) is 47.3 Å². The minimum atomic E-state index is -3.61. The number of nitrogens with zero attached hydrogens (tertiary/aromatic N) is 2. The molecule has 2 aromatic rings. The molecule has 3 aliphatic rings. The molecule has 3 heterocycles. The molecule has 0 unspecified atom stereocenters. The number of sulfonamides is 1. The van der Waals surface area contributed by atoms with Crippen molar-refractivity contribution in [2.24, 2.45) is 0 Å². The van der Waals surface area contributed by atoms with Crippen LogP contribution in [0.1, 0.15) is 29.5 Å². The monoisotopic (exact) mass is 368 g/mol. The number of benzene rings is 2. The Balaban J connectivity index is 1.62. The molecule has 0 radical (unpaired) electrons. The molecule has 0 saturated heterocycles. The molecule has 0 fully saturated rings. The number of hydrogen-bond donors (Lipinski definition) is 0. The lowest BCUT2D eigenvalue weighted by Gasteiger charge is -2.31. The van der Waals surface area contributed by atoms with Gasteiger partial charge in [-0.05, 0) is 60.6 Å². The molecule has 26 heavy (non-hydrogen) atoms. The Morgan fingerprint density at radius 3 is 2.46 bits per heavy atom. The van der Waals surface area contributed by atoms with Gasteiger partial charge in [0.05, 0.1) is 16.3 Å². The Morgan fingerprint density at radius 1 is 0.846 bits per heavy atom. The summed E-state index contributed by atoms with van der Waals surface area (Å²) >= 11 is 0. The van der Waals surface area contributed by atoms with E-state index < -0.39 is 10.0 Å². The molecule has 0 N–H and O–H groups in total. The zero-order valence-corrected chi connectivity index (χ0v) is 15.3. The van der Waals surface area contributed by atoms with Gasteiger partial charge in [-0.1, -0.05) is 18.2 Å². The highest BCUT2D eigenvalue weighted by Crippen LogP contribution is 2.40. The van der Waals surface area contributed by atoms with Crippen LogP contribution in [0.2, 0.25) is 0 Å². The van der Waals surface area contributed by atoms with E-state index >= 15 is 0 Å². The normalized spacial score (nSPS) is 18.7. The van der Waals surface area contributed by atoms with E-state index in [-0.39, 0.29) is 5.91 Å². The van der Waals surface area contributed by atoms with Gasteiger partial charge in [-0.15, -0.1) is 0 Å². The van der Waals surface area contributed by atoms with E-state index in [1.54, 1.807) is 16.4 Å². The summed E-state index contributed by atoms with van der Waals surface area (Å²) in [6, 6.07) is 11.3. The Labute approximate surface area is 153 Å². The molecule has 0 atom stereocenters. The predicted octanol–water partition coefficient (Wildman–Crippen LogP) is 2.66. The second kappa shape index (κ2) is 5.58. The van der Waals surface area contributed by atoms with Crippen molar-refractivity contribution < 1.29 is 13.2 Å². The number of aryl methyl sites for hydroxylation is 2. The van der Waals surface area contributed by atoms with Crippen LogP contribution in [-0.2, 0) is 34.1 Å². The molecule has 5 rings (SSSR count). The van der Waals surface area contributed by atoms with Gasteiger partial charge in [0.2, 0.25) is 5.91 Å². The van der Waals surface area contributed by atoms with Crippen molar-refractivity contribution in [1.29, 1.82) is 0 Å². The van der Waals surface area contributed by atoms with Crippen LogP contribution in [0.4, 0.5) is 11.4 Å². The topological polar surface area (TPSA) is 57.7 Å². The van der Waals surface area contributed by atoms with Gasteiger partial charge in [0.1, 0.15) is 0 Å². The van der Waals surface area contributed by atoms with Crippen LogP contribution in [0, 0.1) is 0 Å². The lowest BCUT2D eigenvalue weighted by Crippen LogP contribution is -2.36.